The molecule has 29 heavy (non-hydrogen) atoms. The summed E-state index contributed by atoms with van der Waals surface area (Å²) in [5.41, 5.74) is 6.04. The molecule has 0 heterocycles. The topological polar surface area (TPSA) is 102 Å². The molecule has 0 bridgehead atoms. The molecule has 0 aliphatic carbocycles. The monoisotopic (exact) mass is 413 g/mol. The number of benzene rings is 1. The summed E-state index contributed by atoms with van der Waals surface area (Å²) < 4.78 is 31.5. The summed E-state index contributed by atoms with van der Waals surface area (Å²) in [5.74, 6) is -3.36. The maximum Gasteiger partial charge on any atom is 0.251 e. The minimum absolute atomic E-state index is 0.00328. The molecule has 0 saturated carbocycles. The van der Waals surface area contributed by atoms with Crippen molar-refractivity contribution in [3.8, 4) is 0 Å². The van der Waals surface area contributed by atoms with Crippen molar-refractivity contribution < 1.29 is 27.9 Å². The van der Waals surface area contributed by atoms with E-state index in [2.05, 4.69) is 5.32 Å². The predicted octanol–water partition coefficient (Wildman–Crippen LogP) is 1.53. The summed E-state index contributed by atoms with van der Waals surface area (Å²) in [6, 6.07) is 0.926. The van der Waals surface area contributed by atoms with E-state index in [4.69, 9.17) is 10.5 Å². The average molecular weight is 413 g/mol. The van der Waals surface area contributed by atoms with Crippen molar-refractivity contribution in [1.29, 1.82) is 0 Å². The third-order valence-electron chi connectivity index (χ3n) is 4.27. The lowest BCUT2D eigenvalue weighted by molar-refractivity contribution is -0.148. The van der Waals surface area contributed by atoms with Crippen LogP contribution in [-0.4, -0.2) is 55.0 Å². The lowest BCUT2D eigenvalue weighted by atomic mass is 10.1. The summed E-state index contributed by atoms with van der Waals surface area (Å²) >= 11 is 0. The predicted molar refractivity (Wildman–Crippen MR) is 104 cm³/mol. The SMILES string of the molecule is CCCC[C@H](N)C(=O)N(CCOC)C(=O)[C@H](C)NC(=O)Cc1cc(F)cc(F)c1. The number of carbonyl (C=O) groups excluding carboxylic acids is 3. The maximum absolute atomic E-state index is 13.3. The van der Waals surface area contributed by atoms with Crippen LogP contribution in [0.3, 0.4) is 0 Å². The number of carbonyl (C=O) groups is 3. The molecule has 1 aromatic rings. The molecule has 0 radical (unpaired) electrons. The Kier molecular flexibility index (Phi) is 10.4. The van der Waals surface area contributed by atoms with Gasteiger partial charge in [0.15, 0.2) is 0 Å². The second-order valence-corrected chi connectivity index (χ2v) is 6.81. The number of methoxy groups -OCH3 is 1. The van der Waals surface area contributed by atoms with Crippen LogP contribution in [0.1, 0.15) is 38.7 Å². The van der Waals surface area contributed by atoms with Gasteiger partial charge in [0.25, 0.3) is 5.91 Å². The Labute approximate surface area is 169 Å². The Morgan fingerprint density at radius 1 is 1.17 bits per heavy atom. The van der Waals surface area contributed by atoms with Gasteiger partial charge in [0, 0.05) is 13.2 Å². The maximum atomic E-state index is 13.3. The minimum atomic E-state index is -1.03. The van der Waals surface area contributed by atoms with Gasteiger partial charge >= 0.3 is 0 Å². The summed E-state index contributed by atoms with van der Waals surface area (Å²) in [6.45, 7) is 3.52. The summed E-state index contributed by atoms with van der Waals surface area (Å²) in [6.07, 6.45) is 1.74. The quantitative estimate of drug-likeness (QED) is 0.573. The highest BCUT2D eigenvalue weighted by Crippen LogP contribution is 2.09. The molecular formula is C20H29F2N3O4. The number of nitrogens with zero attached hydrogens (tertiary/aromatic N) is 1. The van der Waals surface area contributed by atoms with E-state index in [0.717, 1.165) is 29.9 Å². The van der Waals surface area contributed by atoms with Crippen molar-refractivity contribution in [3.05, 3.63) is 35.4 Å². The fourth-order valence-corrected chi connectivity index (χ4v) is 2.75. The minimum Gasteiger partial charge on any atom is -0.383 e. The highest BCUT2D eigenvalue weighted by molar-refractivity contribution is 6.01. The second-order valence-electron chi connectivity index (χ2n) is 6.81. The van der Waals surface area contributed by atoms with Crippen LogP contribution in [-0.2, 0) is 25.5 Å². The first-order chi connectivity index (χ1) is 13.7. The summed E-state index contributed by atoms with van der Waals surface area (Å²) in [4.78, 5) is 38.5. The lowest BCUT2D eigenvalue weighted by Gasteiger charge is -2.27. The van der Waals surface area contributed by atoms with Crippen molar-refractivity contribution in [2.75, 3.05) is 20.3 Å². The molecule has 3 N–H and O–H groups in total. The number of rotatable bonds is 11. The average Bonchev–Trinajstić information content (AvgIpc) is 2.64. The Morgan fingerprint density at radius 3 is 2.34 bits per heavy atom. The number of nitrogens with one attached hydrogen (secondary N) is 1. The first kappa shape index (κ1) is 24.6. The fraction of sp³-hybridized carbons (Fsp3) is 0.550. The van der Waals surface area contributed by atoms with E-state index in [1.807, 2.05) is 6.92 Å². The fourth-order valence-electron chi connectivity index (χ4n) is 2.75. The smallest absolute Gasteiger partial charge is 0.251 e. The van der Waals surface area contributed by atoms with E-state index in [1.54, 1.807) is 0 Å². The molecule has 0 aliphatic rings. The van der Waals surface area contributed by atoms with Crippen LogP contribution in [0.25, 0.3) is 0 Å². The molecule has 1 aromatic carbocycles. The van der Waals surface area contributed by atoms with Crippen LogP contribution in [0.2, 0.25) is 0 Å². The van der Waals surface area contributed by atoms with Gasteiger partial charge < -0.3 is 15.8 Å². The molecule has 0 saturated heterocycles. The molecule has 0 aromatic heterocycles. The third kappa shape index (κ3) is 8.25. The van der Waals surface area contributed by atoms with Crippen LogP contribution in [0.4, 0.5) is 8.78 Å². The first-order valence-corrected chi connectivity index (χ1v) is 9.53. The van der Waals surface area contributed by atoms with Crippen molar-refractivity contribution in [2.24, 2.45) is 5.73 Å². The normalized spacial score (nSPS) is 12.9. The Hall–Kier alpha value is -2.39. The van der Waals surface area contributed by atoms with E-state index < -0.39 is 41.4 Å². The number of unbranched alkanes of at least 4 members (excludes halogenated alkanes) is 1. The first-order valence-electron chi connectivity index (χ1n) is 9.53. The van der Waals surface area contributed by atoms with Gasteiger partial charge in [-0.25, -0.2) is 8.78 Å². The van der Waals surface area contributed by atoms with Gasteiger partial charge in [0.05, 0.1) is 25.6 Å². The van der Waals surface area contributed by atoms with Gasteiger partial charge in [-0.1, -0.05) is 19.8 Å². The number of halogens is 2. The van der Waals surface area contributed by atoms with E-state index >= 15 is 0 Å². The van der Waals surface area contributed by atoms with Crippen LogP contribution in [0.5, 0.6) is 0 Å². The zero-order chi connectivity index (χ0) is 22.0. The van der Waals surface area contributed by atoms with Crippen molar-refractivity contribution in [2.45, 2.75) is 51.6 Å². The molecule has 9 heteroatoms. The molecule has 7 nitrogen and oxygen atoms in total. The van der Waals surface area contributed by atoms with E-state index in [1.165, 1.54) is 14.0 Å². The van der Waals surface area contributed by atoms with Crippen LogP contribution in [0.15, 0.2) is 18.2 Å². The van der Waals surface area contributed by atoms with Crippen molar-refractivity contribution in [3.63, 3.8) is 0 Å². The number of imide groups is 1. The Balaban J connectivity index is 2.78. The summed E-state index contributed by atoms with van der Waals surface area (Å²) in [7, 11) is 1.44. The Morgan fingerprint density at radius 2 is 1.79 bits per heavy atom. The summed E-state index contributed by atoms with van der Waals surface area (Å²) in [5, 5.41) is 2.45. The molecule has 162 valence electrons. The molecule has 3 amide bonds. The van der Waals surface area contributed by atoms with E-state index in [0.29, 0.717) is 12.5 Å². The van der Waals surface area contributed by atoms with E-state index in [-0.39, 0.29) is 25.1 Å². The number of hydrogen-bond acceptors (Lipinski definition) is 5. The van der Waals surface area contributed by atoms with Crippen LogP contribution in [0, 0.1) is 11.6 Å². The van der Waals surface area contributed by atoms with Gasteiger partial charge in [0.2, 0.25) is 11.8 Å². The number of nitrogens with two attached hydrogens (primary N) is 1. The Bertz CT molecular complexity index is 695. The number of ether oxygens (including phenoxy) is 1. The van der Waals surface area contributed by atoms with Crippen molar-refractivity contribution >= 4 is 17.7 Å². The van der Waals surface area contributed by atoms with Gasteiger partial charge in [0.1, 0.15) is 17.7 Å². The third-order valence-corrected chi connectivity index (χ3v) is 4.27. The lowest BCUT2D eigenvalue weighted by Crippen LogP contribution is -2.54. The van der Waals surface area contributed by atoms with Crippen molar-refractivity contribution in [1.82, 2.24) is 10.2 Å². The number of amides is 3. The van der Waals surface area contributed by atoms with Gasteiger partial charge in [-0.2, -0.15) is 0 Å². The molecular weight excluding hydrogens is 384 g/mol. The molecule has 0 unspecified atom stereocenters. The van der Waals surface area contributed by atoms with E-state index in [9.17, 15) is 23.2 Å². The molecule has 2 atom stereocenters. The standard InChI is InChI=1S/C20H29F2N3O4/c1-4-5-6-17(23)20(28)25(7-8-29-3)19(27)13(2)24-18(26)11-14-9-15(21)12-16(22)10-14/h9-10,12-13,17H,4-8,11,23H2,1-3H3,(H,24,26)/t13-,17-/m0/s1. The molecule has 0 aliphatic heterocycles. The highest BCUT2D eigenvalue weighted by atomic mass is 19.1. The molecule has 0 spiro atoms. The largest absolute Gasteiger partial charge is 0.383 e. The molecule has 0 fully saturated rings. The zero-order valence-corrected chi connectivity index (χ0v) is 17.0. The zero-order valence-electron chi connectivity index (χ0n) is 17.0. The van der Waals surface area contributed by atoms with Crippen LogP contribution < -0.4 is 11.1 Å². The van der Waals surface area contributed by atoms with Crippen LogP contribution >= 0.6 is 0 Å². The molecule has 1 rings (SSSR count). The van der Waals surface area contributed by atoms with Gasteiger partial charge in [-0.3, -0.25) is 19.3 Å². The van der Waals surface area contributed by atoms with Gasteiger partial charge in [-0.15, -0.1) is 0 Å². The number of hydrogen-bond donors (Lipinski definition) is 2. The highest BCUT2D eigenvalue weighted by Gasteiger charge is 2.30. The second kappa shape index (κ2) is 12.2. The van der Waals surface area contributed by atoms with Gasteiger partial charge in [-0.05, 0) is 31.0 Å².